The van der Waals surface area contributed by atoms with E-state index in [-0.39, 0.29) is 5.91 Å². The molecule has 1 N–H and O–H groups in total. The highest BCUT2D eigenvalue weighted by Crippen LogP contribution is 2.12. The largest absolute Gasteiger partial charge is 0.378 e. The van der Waals surface area contributed by atoms with E-state index in [2.05, 4.69) is 27.1 Å². The summed E-state index contributed by atoms with van der Waals surface area (Å²) < 4.78 is 6.04. The highest BCUT2D eigenvalue weighted by Gasteiger charge is 2.18. The van der Waals surface area contributed by atoms with Crippen molar-refractivity contribution in [3.05, 3.63) is 0 Å². The Morgan fingerprint density at radius 2 is 1.52 bits per heavy atom. The minimum atomic E-state index is 0.160. The number of likely N-dealkylation sites (tertiary alicyclic amines) is 1. The molecule has 160 valence electrons. The molecular weight excluding hydrogens is 340 g/mol. The zero-order valence-corrected chi connectivity index (χ0v) is 18.3. The third kappa shape index (κ3) is 11.0. The molecule has 2 rings (SSSR count). The van der Waals surface area contributed by atoms with E-state index in [1.54, 1.807) is 0 Å². The van der Waals surface area contributed by atoms with Gasteiger partial charge < -0.3 is 24.8 Å². The van der Waals surface area contributed by atoms with Crippen molar-refractivity contribution in [2.45, 2.75) is 59.0 Å². The fraction of sp³-hybridized carbons (Fsp3) is 0.952. The summed E-state index contributed by atoms with van der Waals surface area (Å²) in [5, 5.41) is 2.95. The molecule has 2 aliphatic rings. The van der Waals surface area contributed by atoms with Crippen LogP contribution in [0.3, 0.4) is 0 Å². The summed E-state index contributed by atoms with van der Waals surface area (Å²) >= 11 is 0. The number of rotatable bonds is 10. The molecule has 6 nitrogen and oxygen atoms in total. The van der Waals surface area contributed by atoms with E-state index in [1.165, 1.54) is 25.9 Å². The Hall–Kier alpha value is -0.690. The van der Waals surface area contributed by atoms with Crippen LogP contribution in [0, 0.1) is 0 Å². The first kappa shape index (κ1) is 24.3. The van der Waals surface area contributed by atoms with Gasteiger partial charge in [0.25, 0.3) is 0 Å². The fourth-order valence-corrected chi connectivity index (χ4v) is 3.58. The van der Waals surface area contributed by atoms with Gasteiger partial charge in [0.1, 0.15) is 0 Å². The number of amides is 1. The number of carbonyl (C=O) groups excluding carboxylic acids is 1. The minimum Gasteiger partial charge on any atom is -0.378 e. The zero-order chi connectivity index (χ0) is 19.9. The molecule has 2 aliphatic heterocycles. The summed E-state index contributed by atoms with van der Waals surface area (Å²) in [4.78, 5) is 18.7. The third-order valence-electron chi connectivity index (χ3n) is 5.40. The van der Waals surface area contributed by atoms with Crippen LogP contribution >= 0.6 is 0 Å². The Bertz CT molecular complexity index is 365. The quantitative estimate of drug-likeness (QED) is 0.584. The second-order valence-electron chi connectivity index (χ2n) is 7.47. The lowest BCUT2D eigenvalue weighted by Gasteiger charge is -2.35. The first-order valence-electron chi connectivity index (χ1n) is 11.2. The Balaban J connectivity index is 0.00000176. The summed E-state index contributed by atoms with van der Waals surface area (Å²) in [6, 6.07) is 0. The number of nitrogens with zero attached hydrogens (tertiary/aromatic N) is 3. The topological polar surface area (TPSA) is 48.1 Å². The van der Waals surface area contributed by atoms with Crippen LogP contribution in [0.5, 0.6) is 0 Å². The van der Waals surface area contributed by atoms with Crippen molar-refractivity contribution in [3.63, 3.8) is 0 Å². The van der Waals surface area contributed by atoms with Gasteiger partial charge in [0.15, 0.2) is 0 Å². The highest BCUT2D eigenvalue weighted by atomic mass is 16.5. The molecule has 0 aliphatic carbocycles. The lowest BCUT2D eigenvalue weighted by atomic mass is 10.1. The van der Waals surface area contributed by atoms with Crippen molar-refractivity contribution in [2.24, 2.45) is 0 Å². The molecule has 0 atom stereocenters. The number of nitrogens with one attached hydrogen (secondary N) is 1. The van der Waals surface area contributed by atoms with Crippen molar-refractivity contribution in [3.8, 4) is 0 Å². The number of piperidine rings is 1. The number of hydrogen-bond donors (Lipinski definition) is 1. The van der Waals surface area contributed by atoms with E-state index in [0.29, 0.717) is 12.5 Å². The molecule has 0 aromatic rings. The third-order valence-corrected chi connectivity index (χ3v) is 5.40. The van der Waals surface area contributed by atoms with E-state index in [4.69, 9.17) is 4.74 Å². The molecule has 0 aromatic carbocycles. The van der Waals surface area contributed by atoms with Crippen LogP contribution in [0.25, 0.3) is 0 Å². The predicted molar refractivity (Wildman–Crippen MR) is 113 cm³/mol. The average Bonchev–Trinajstić information content (AvgIpc) is 2.72. The van der Waals surface area contributed by atoms with Crippen LogP contribution in [-0.2, 0) is 9.53 Å². The van der Waals surface area contributed by atoms with Crippen LogP contribution in [0.4, 0.5) is 0 Å². The molecule has 0 spiro atoms. The minimum absolute atomic E-state index is 0.160. The van der Waals surface area contributed by atoms with Gasteiger partial charge in [-0.3, -0.25) is 4.79 Å². The van der Waals surface area contributed by atoms with Crippen molar-refractivity contribution < 1.29 is 9.53 Å². The number of piperazine rings is 1. The molecule has 0 bridgehead atoms. The normalized spacial score (nSPS) is 20.1. The maximum atomic E-state index is 11.2. The van der Waals surface area contributed by atoms with Gasteiger partial charge in [0, 0.05) is 65.4 Å². The Morgan fingerprint density at radius 1 is 0.963 bits per heavy atom. The second-order valence-corrected chi connectivity index (χ2v) is 7.47. The molecule has 2 heterocycles. The molecule has 2 saturated heterocycles. The SMILES string of the molecule is CC.CCC(=O)NCCCN1CCN(CCCOC2CCN(C)CC2)CC1. The monoisotopic (exact) mass is 384 g/mol. The van der Waals surface area contributed by atoms with Crippen molar-refractivity contribution in [1.29, 1.82) is 0 Å². The zero-order valence-electron chi connectivity index (χ0n) is 18.3. The van der Waals surface area contributed by atoms with Gasteiger partial charge in [-0.1, -0.05) is 20.8 Å². The molecule has 0 aromatic heterocycles. The van der Waals surface area contributed by atoms with E-state index >= 15 is 0 Å². The number of hydrogen-bond acceptors (Lipinski definition) is 5. The first-order chi connectivity index (χ1) is 13.2. The fourth-order valence-electron chi connectivity index (χ4n) is 3.58. The number of ether oxygens (including phenoxy) is 1. The van der Waals surface area contributed by atoms with Crippen LogP contribution in [0.15, 0.2) is 0 Å². The maximum Gasteiger partial charge on any atom is 0.219 e. The summed E-state index contributed by atoms with van der Waals surface area (Å²) in [5.41, 5.74) is 0. The van der Waals surface area contributed by atoms with Gasteiger partial charge in [0.2, 0.25) is 5.91 Å². The summed E-state index contributed by atoms with van der Waals surface area (Å²) in [5.74, 6) is 0.160. The van der Waals surface area contributed by atoms with Crippen molar-refractivity contribution >= 4 is 5.91 Å². The van der Waals surface area contributed by atoms with E-state index < -0.39 is 0 Å². The maximum absolute atomic E-state index is 11.2. The van der Waals surface area contributed by atoms with Crippen molar-refractivity contribution in [1.82, 2.24) is 20.0 Å². The molecule has 1 amide bonds. The van der Waals surface area contributed by atoms with Gasteiger partial charge in [-0.05, 0) is 39.3 Å². The number of carbonyl (C=O) groups is 1. The standard InChI is InChI=1S/C19H38N4O2.C2H6/c1-3-19(24)20-8-4-9-22-13-15-23(16-14-22)10-5-17-25-18-6-11-21(2)12-7-18;1-2/h18H,3-17H2,1-2H3,(H,20,24);1-2H3. The summed E-state index contributed by atoms with van der Waals surface area (Å²) in [7, 11) is 2.19. The van der Waals surface area contributed by atoms with Gasteiger partial charge >= 0.3 is 0 Å². The van der Waals surface area contributed by atoms with Crippen LogP contribution in [0.1, 0.15) is 52.9 Å². The van der Waals surface area contributed by atoms with Gasteiger partial charge in [-0.2, -0.15) is 0 Å². The highest BCUT2D eigenvalue weighted by molar-refractivity contribution is 5.75. The van der Waals surface area contributed by atoms with E-state index in [0.717, 1.165) is 65.3 Å². The Morgan fingerprint density at radius 3 is 2.07 bits per heavy atom. The van der Waals surface area contributed by atoms with Crippen LogP contribution in [0.2, 0.25) is 0 Å². The van der Waals surface area contributed by atoms with Crippen LogP contribution < -0.4 is 5.32 Å². The van der Waals surface area contributed by atoms with Crippen LogP contribution in [-0.4, -0.2) is 99.3 Å². The average molecular weight is 385 g/mol. The molecule has 6 heteroatoms. The predicted octanol–water partition coefficient (Wildman–Crippen LogP) is 2.05. The lowest BCUT2D eigenvalue weighted by Crippen LogP contribution is -2.47. The van der Waals surface area contributed by atoms with Crippen molar-refractivity contribution in [2.75, 3.05) is 72.6 Å². The summed E-state index contributed by atoms with van der Waals surface area (Å²) in [6.07, 6.45) is 5.65. The molecule has 0 saturated carbocycles. The molecule has 0 radical (unpaired) electrons. The molecule has 2 fully saturated rings. The van der Waals surface area contributed by atoms with Gasteiger partial charge in [-0.15, -0.1) is 0 Å². The molecule has 27 heavy (non-hydrogen) atoms. The van der Waals surface area contributed by atoms with E-state index in [9.17, 15) is 4.79 Å². The van der Waals surface area contributed by atoms with Gasteiger partial charge in [-0.25, -0.2) is 0 Å². The van der Waals surface area contributed by atoms with Gasteiger partial charge in [0.05, 0.1) is 6.10 Å². The molecular formula is C21H44N4O2. The Labute approximate surface area is 167 Å². The molecule has 0 unspecified atom stereocenters. The van der Waals surface area contributed by atoms with E-state index in [1.807, 2.05) is 20.8 Å². The lowest BCUT2D eigenvalue weighted by molar-refractivity contribution is -0.120. The second kappa shape index (κ2) is 15.3. The smallest absolute Gasteiger partial charge is 0.219 e. The first-order valence-corrected chi connectivity index (χ1v) is 11.2. The Kier molecular flexibility index (Phi) is 13.8. The summed E-state index contributed by atoms with van der Waals surface area (Å²) in [6.45, 7) is 16.8.